The Balaban J connectivity index is 1.34. The number of thioether (sulfide) groups is 1. The summed E-state index contributed by atoms with van der Waals surface area (Å²) in [6, 6.07) is 5.11. The molecular formula is C18H22N4O2S. The van der Waals surface area contributed by atoms with E-state index in [0.717, 1.165) is 54.3 Å². The van der Waals surface area contributed by atoms with E-state index in [1.807, 2.05) is 23.9 Å². The summed E-state index contributed by atoms with van der Waals surface area (Å²) in [4.78, 5) is 19.2. The molecule has 5 rings (SSSR count). The maximum atomic E-state index is 12.6. The van der Waals surface area contributed by atoms with E-state index in [2.05, 4.69) is 20.5 Å². The maximum Gasteiger partial charge on any atom is 0.270 e. The van der Waals surface area contributed by atoms with E-state index in [0.29, 0.717) is 17.8 Å². The molecule has 3 aliphatic rings. The average molecular weight is 358 g/mol. The van der Waals surface area contributed by atoms with E-state index in [4.69, 9.17) is 4.42 Å². The van der Waals surface area contributed by atoms with Gasteiger partial charge in [-0.25, -0.2) is 4.98 Å². The van der Waals surface area contributed by atoms with Gasteiger partial charge in [-0.2, -0.15) is 11.8 Å². The summed E-state index contributed by atoms with van der Waals surface area (Å²) in [6.45, 7) is 2.00. The fourth-order valence-electron chi connectivity index (χ4n) is 4.22. The molecule has 1 amide bonds. The Kier molecular flexibility index (Phi) is 3.86. The lowest BCUT2D eigenvalue weighted by atomic mass is 9.95. The predicted octanol–water partition coefficient (Wildman–Crippen LogP) is 2.00. The number of rotatable bonds is 3. The second-order valence-electron chi connectivity index (χ2n) is 7.15. The first-order chi connectivity index (χ1) is 12.3. The minimum Gasteiger partial charge on any atom is -0.439 e. The van der Waals surface area contributed by atoms with Crippen LogP contribution in [0.2, 0.25) is 0 Å². The number of pyridine rings is 1. The zero-order valence-corrected chi connectivity index (χ0v) is 14.8. The van der Waals surface area contributed by atoms with Gasteiger partial charge in [-0.1, -0.05) is 0 Å². The van der Waals surface area contributed by atoms with Crippen LogP contribution in [0.15, 0.2) is 22.7 Å². The number of hydrogen-bond acceptors (Lipinski definition) is 6. The van der Waals surface area contributed by atoms with Gasteiger partial charge >= 0.3 is 0 Å². The van der Waals surface area contributed by atoms with Gasteiger partial charge < -0.3 is 20.0 Å². The Labute approximate surface area is 150 Å². The van der Waals surface area contributed by atoms with Gasteiger partial charge in [0.25, 0.3) is 5.91 Å². The number of fused-ring (bicyclic) bond motifs is 3. The second-order valence-corrected chi connectivity index (χ2v) is 8.38. The standard InChI is InChI=1S/C18H22N4O2S/c23-18(21-14-9-12-1-2-13(14)20-12)15-7-11-8-17(24-16(11)10-19-15)22-3-5-25-6-4-22/h7-8,10,12-14,20H,1-6,9H2,(H,21,23)/t12-,13+,14-/m1/s1. The summed E-state index contributed by atoms with van der Waals surface area (Å²) in [5, 5.41) is 7.64. The topological polar surface area (TPSA) is 70.4 Å². The Morgan fingerprint density at radius 2 is 2.20 bits per heavy atom. The molecule has 7 heteroatoms. The van der Waals surface area contributed by atoms with Crippen LogP contribution in [-0.4, -0.2) is 53.6 Å². The van der Waals surface area contributed by atoms with E-state index in [9.17, 15) is 4.79 Å². The third kappa shape index (κ3) is 2.89. The number of carbonyl (C=O) groups is 1. The van der Waals surface area contributed by atoms with Crippen LogP contribution in [0, 0.1) is 0 Å². The van der Waals surface area contributed by atoms with Crippen LogP contribution in [0.4, 0.5) is 5.88 Å². The highest BCUT2D eigenvalue weighted by molar-refractivity contribution is 7.99. The lowest BCUT2D eigenvalue weighted by Crippen LogP contribution is -2.43. The summed E-state index contributed by atoms with van der Waals surface area (Å²) in [6.07, 6.45) is 5.09. The fourth-order valence-corrected chi connectivity index (χ4v) is 5.12. The van der Waals surface area contributed by atoms with Crippen molar-refractivity contribution >= 4 is 34.5 Å². The van der Waals surface area contributed by atoms with Crippen LogP contribution in [0.5, 0.6) is 0 Å². The Bertz CT molecular complexity index is 801. The minimum atomic E-state index is -0.0848. The van der Waals surface area contributed by atoms with Gasteiger partial charge in [0, 0.05) is 54.2 Å². The summed E-state index contributed by atoms with van der Waals surface area (Å²) in [5.41, 5.74) is 1.21. The number of anilines is 1. The van der Waals surface area contributed by atoms with Crippen molar-refractivity contribution in [3.8, 4) is 0 Å². The number of nitrogens with zero attached hydrogens (tertiary/aromatic N) is 2. The van der Waals surface area contributed by atoms with E-state index < -0.39 is 0 Å². The lowest BCUT2D eigenvalue weighted by molar-refractivity contribution is 0.0926. The highest BCUT2D eigenvalue weighted by Gasteiger charge is 2.39. The van der Waals surface area contributed by atoms with Gasteiger partial charge in [0.05, 0.1) is 6.20 Å². The smallest absolute Gasteiger partial charge is 0.270 e. The maximum absolute atomic E-state index is 12.6. The molecule has 2 bridgehead atoms. The molecule has 0 unspecified atom stereocenters. The van der Waals surface area contributed by atoms with E-state index in [-0.39, 0.29) is 11.9 Å². The van der Waals surface area contributed by atoms with Crippen LogP contribution >= 0.6 is 11.8 Å². The first-order valence-corrected chi connectivity index (χ1v) is 10.2. The molecule has 25 heavy (non-hydrogen) atoms. The van der Waals surface area contributed by atoms with Gasteiger partial charge in [-0.15, -0.1) is 0 Å². The molecule has 0 saturated carbocycles. The van der Waals surface area contributed by atoms with E-state index in [1.54, 1.807) is 6.20 Å². The fraction of sp³-hybridized carbons (Fsp3) is 0.556. The van der Waals surface area contributed by atoms with Gasteiger partial charge in [-0.3, -0.25) is 4.79 Å². The van der Waals surface area contributed by atoms with Gasteiger partial charge in [0.15, 0.2) is 11.5 Å². The van der Waals surface area contributed by atoms with Crippen molar-refractivity contribution in [2.24, 2.45) is 0 Å². The van der Waals surface area contributed by atoms with E-state index >= 15 is 0 Å². The van der Waals surface area contributed by atoms with Crippen molar-refractivity contribution in [2.75, 3.05) is 29.5 Å². The lowest BCUT2D eigenvalue weighted by Gasteiger charge is -2.25. The third-order valence-corrected chi connectivity index (χ3v) is 6.51. The second kappa shape index (κ2) is 6.21. The molecule has 0 spiro atoms. The van der Waals surface area contributed by atoms with Gasteiger partial charge in [0.2, 0.25) is 0 Å². The molecule has 0 radical (unpaired) electrons. The zero-order valence-electron chi connectivity index (χ0n) is 14.0. The average Bonchev–Trinajstić information content (AvgIpc) is 3.36. The Hall–Kier alpha value is -1.73. The minimum absolute atomic E-state index is 0.0848. The van der Waals surface area contributed by atoms with Crippen molar-refractivity contribution in [1.29, 1.82) is 0 Å². The van der Waals surface area contributed by atoms with Crippen LogP contribution in [0.25, 0.3) is 11.0 Å². The van der Waals surface area contributed by atoms with Crippen LogP contribution in [0.1, 0.15) is 29.8 Å². The summed E-state index contributed by atoms with van der Waals surface area (Å²) in [5.74, 6) is 3.05. The predicted molar refractivity (Wildman–Crippen MR) is 99.4 cm³/mol. The largest absolute Gasteiger partial charge is 0.439 e. The third-order valence-electron chi connectivity index (χ3n) is 5.56. The number of carbonyl (C=O) groups excluding carboxylic acids is 1. The molecular weight excluding hydrogens is 336 g/mol. The molecule has 0 aromatic carbocycles. The molecule has 3 fully saturated rings. The number of hydrogen-bond donors (Lipinski definition) is 2. The van der Waals surface area contributed by atoms with Crippen molar-refractivity contribution in [3.05, 3.63) is 24.0 Å². The molecule has 3 aliphatic heterocycles. The first-order valence-electron chi connectivity index (χ1n) is 9.05. The van der Waals surface area contributed by atoms with Crippen molar-refractivity contribution in [1.82, 2.24) is 15.6 Å². The van der Waals surface area contributed by atoms with Gasteiger partial charge in [0.1, 0.15) is 5.69 Å². The van der Waals surface area contributed by atoms with Crippen LogP contribution in [0.3, 0.4) is 0 Å². The number of furan rings is 1. The number of aromatic nitrogens is 1. The monoisotopic (exact) mass is 358 g/mol. The first kappa shape index (κ1) is 15.5. The molecule has 132 valence electrons. The quantitative estimate of drug-likeness (QED) is 0.875. The van der Waals surface area contributed by atoms with Crippen molar-refractivity contribution < 1.29 is 9.21 Å². The highest BCUT2D eigenvalue weighted by Crippen LogP contribution is 2.29. The molecule has 3 saturated heterocycles. The normalized spacial score (nSPS) is 28.6. The SMILES string of the molecule is O=C(N[C@@H]1C[C@H]2CC[C@@H]1N2)c1cc2cc(N3CCSCC3)oc2cn1. The summed E-state index contributed by atoms with van der Waals surface area (Å²) in [7, 11) is 0. The van der Waals surface area contributed by atoms with Crippen molar-refractivity contribution in [2.45, 2.75) is 37.4 Å². The molecule has 5 heterocycles. The highest BCUT2D eigenvalue weighted by atomic mass is 32.2. The molecule has 2 aromatic heterocycles. The summed E-state index contributed by atoms with van der Waals surface area (Å²) < 4.78 is 5.93. The Morgan fingerprint density at radius 1 is 1.32 bits per heavy atom. The summed E-state index contributed by atoms with van der Waals surface area (Å²) >= 11 is 1.97. The molecule has 0 aliphatic carbocycles. The molecule has 6 nitrogen and oxygen atoms in total. The molecule has 3 atom stereocenters. The molecule has 2 aromatic rings. The van der Waals surface area contributed by atoms with Crippen LogP contribution in [-0.2, 0) is 0 Å². The van der Waals surface area contributed by atoms with Gasteiger partial charge in [-0.05, 0) is 25.3 Å². The van der Waals surface area contributed by atoms with E-state index in [1.165, 1.54) is 6.42 Å². The van der Waals surface area contributed by atoms with Crippen LogP contribution < -0.4 is 15.5 Å². The zero-order chi connectivity index (χ0) is 16.8. The number of nitrogens with one attached hydrogen (secondary N) is 2. The Morgan fingerprint density at radius 3 is 2.96 bits per heavy atom. The number of amides is 1. The molecule has 2 N–H and O–H groups in total. The van der Waals surface area contributed by atoms with Crippen molar-refractivity contribution in [3.63, 3.8) is 0 Å².